The Balaban J connectivity index is 2.23. The number of nitrogens with zero attached hydrogens (tertiary/aromatic N) is 1. The van der Waals surface area contributed by atoms with Crippen molar-refractivity contribution in [3.8, 4) is 0 Å². The minimum Gasteiger partial charge on any atom is -0.271 e. The van der Waals surface area contributed by atoms with Gasteiger partial charge >= 0.3 is 0 Å². The van der Waals surface area contributed by atoms with Crippen LogP contribution in [-0.4, -0.2) is 4.98 Å². The largest absolute Gasteiger partial charge is 0.271 e. The molecule has 0 saturated heterocycles. The van der Waals surface area contributed by atoms with Crippen molar-refractivity contribution < 1.29 is 0 Å². The molecule has 3 nitrogen and oxygen atoms in total. The number of hydrazine groups is 1. The summed E-state index contributed by atoms with van der Waals surface area (Å²) >= 11 is 3.51. The third-order valence-electron chi connectivity index (χ3n) is 2.83. The van der Waals surface area contributed by atoms with Gasteiger partial charge in [0.1, 0.15) is 0 Å². The van der Waals surface area contributed by atoms with Gasteiger partial charge in [0.25, 0.3) is 0 Å². The molecule has 0 saturated carbocycles. The van der Waals surface area contributed by atoms with E-state index in [-0.39, 0.29) is 6.04 Å². The van der Waals surface area contributed by atoms with E-state index in [1.807, 2.05) is 12.3 Å². The van der Waals surface area contributed by atoms with Crippen LogP contribution >= 0.6 is 15.9 Å². The lowest BCUT2D eigenvalue weighted by Gasteiger charge is -2.17. The van der Waals surface area contributed by atoms with E-state index in [1.165, 1.54) is 11.1 Å². The molecule has 18 heavy (non-hydrogen) atoms. The summed E-state index contributed by atoms with van der Waals surface area (Å²) in [7, 11) is 0. The van der Waals surface area contributed by atoms with Crippen LogP contribution in [0.3, 0.4) is 0 Å². The summed E-state index contributed by atoms with van der Waals surface area (Å²) in [6, 6.07) is 10.4. The highest BCUT2D eigenvalue weighted by Crippen LogP contribution is 2.22. The molecule has 1 aromatic carbocycles. The van der Waals surface area contributed by atoms with Crippen LogP contribution in [0, 0.1) is 6.92 Å². The summed E-state index contributed by atoms with van der Waals surface area (Å²) in [5.74, 6) is 5.67. The lowest BCUT2D eigenvalue weighted by atomic mass is 9.99. The number of pyridine rings is 1. The fraction of sp³-hybridized carbons (Fsp3) is 0.214. The first kappa shape index (κ1) is 13.2. The zero-order valence-electron chi connectivity index (χ0n) is 10.2. The third-order valence-corrected chi connectivity index (χ3v) is 3.29. The number of hydrogen-bond acceptors (Lipinski definition) is 3. The third kappa shape index (κ3) is 3.38. The fourth-order valence-electron chi connectivity index (χ4n) is 1.99. The maximum atomic E-state index is 5.67. The molecular formula is C14H16BrN3. The lowest BCUT2D eigenvalue weighted by Crippen LogP contribution is -2.29. The molecule has 94 valence electrons. The van der Waals surface area contributed by atoms with Crippen molar-refractivity contribution in [2.75, 3.05) is 0 Å². The Kier molecular flexibility index (Phi) is 4.47. The van der Waals surface area contributed by atoms with Crippen molar-refractivity contribution in [2.45, 2.75) is 19.4 Å². The maximum Gasteiger partial charge on any atom is 0.0501 e. The first-order chi connectivity index (χ1) is 8.69. The van der Waals surface area contributed by atoms with Gasteiger partial charge in [-0.2, -0.15) is 0 Å². The van der Waals surface area contributed by atoms with Crippen molar-refractivity contribution in [1.29, 1.82) is 0 Å². The van der Waals surface area contributed by atoms with E-state index in [2.05, 4.69) is 57.5 Å². The summed E-state index contributed by atoms with van der Waals surface area (Å²) in [6.07, 6.45) is 4.47. The predicted molar refractivity (Wildman–Crippen MR) is 76.9 cm³/mol. The van der Waals surface area contributed by atoms with Crippen LogP contribution in [0.2, 0.25) is 0 Å². The quantitative estimate of drug-likeness (QED) is 0.674. The van der Waals surface area contributed by atoms with E-state index in [4.69, 9.17) is 5.84 Å². The monoisotopic (exact) mass is 305 g/mol. The molecule has 1 heterocycles. The molecule has 0 aliphatic rings. The predicted octanol–water partition coefficient (Wildman–Crippen LogP) is 2.90. The summed E-state index contributed by atoms with van der Waals surface area (Å²) < 4.78 is 1.07. The van der Waals surface area contributed by atoms with E-state index >= 15 is 0 Å². The van der Waals surface area contributed by atoms with Crippen molar-refractivity contribution in [1.82, 2.24) is 10.4 Å². The van der Waals surface area contributed by atoms with Crippen molar-refractivity contribution in [2.24, 2.45) is 5.84 Å². The highest BCUT2D eigenvalue weighted by molar-refractivity contribution is 9.10. The van der Waals surface area contributed by atoms with Gasteiger partial charge in [0.15, 0.2) is 0 Å². The smallest absolute Gasteiger partial charge is 0.0501 e. The van der Waals surface area contributed by atoms with E-state index in [9.17, 15) is 0 Å². The first-order valence-corrected chi connectivity index (χ1v) is 6.60. The van der Waals surface area contributed by atoms with Crippen molar-refractivity contribution in [3.05, 3.63) is 63.9 Å². The van der Waals surface area contributed by atoms with E-state index in [1.54, 1.807) is 6.20 Å². The normalized spacial score (nSPS) is 12.4. The lowest BCUT2D eigenvalue weighted by molar-refractivity contribution is 0.550. The van der Waals surface area contributed by atoms with Crippen LogP contribution in [0.25, 0.3) is 0 Å². The highest BCUT2D eigenvalue weighted by Gasteiger charge is 2.11. The Hall–Kier alpha value is -1.23. The number of nitrogens with one attached hydrogen (secondary N) is 1. The van der Waals surface area contributed by atoms with Crippen molar-refractivity contribution >= 4 is 15.9 Å². The highest BCUT2D eigenvalue weighted by atomic mass is 79.9. The first-order valence-electron chi connectivity index (χ1n) is 5.81. The number of halogens is 1. The SMILES string of the molecule is Cc1cc(Br)cc(C(Cc2cccnc2)NN)c1. The Morgan fingerprint density at radius 1 is 1.39 bits per heavy atom. The number of nitrogens with two attached hydrogens (primary N) is 1. The van der Waals surface area contributed by atoms with Crippen LogP contribution < -0.4 is 11.3 Å². The number of aryl methyl sites for hydroxylation is 1. The summed E-state index contributed by atoms with van der Waals surface area (Å²) in [4.78, 5) is 4.12. The summed E-state index contributed by atoms with van der Waals surface area (Å²) in [6.45, 7) is 2.08. The minimum atomic E-state index is 0.0883. The van der Waals surface area contributed by atoms with Crippen LogP contribution in [0.1, 0.15) is 22.7 Å². The summed E-state index contributed by atoms with van der Waals surface area (Å²) in [5.41, 5.74) is 6.43. The van der Waals surface area contributed by atoms with Gasteiger partial charge in [-0.05, 0) is 48.2 Å². The Bertz CT molecular complexity index is 493. The zero-order chi connectivity index (χ0) is 13.0. The number of hydrogen-bond donors (Lipinski definition) is 2. The fourth-order valence-corrected chi connectivity index (χ4v) is 2.62. The van der Waals surface area contributed by atoms with Gasteiger partial charge < -0.3 is 0 Å². The average Bonchev–Trinajstić information content (AvgIpc) is 2.36. The number of benzene rings is 1. The molecule has 1 aromatic heterocycles. The van der Waals surface area contributed by atoms with Crippen LogP contribution in [0.15, 0.2) is 47.2 Å². The Morgan fingerprint density at radius 3 is 2.83 bits per heavy atom. The molecule has 2 rings (SSSR count). The van der Waals surface area contributed by atoms with Gasteiger partial charge in [0, 0.05) is 16.9 Å². The second kappa shape index (κ2) is 6.09. The van der Waals surface area contributed by atoms with Crippen LogP contribution in [0.5, 0.6) is 0 Å². The molecule has 3 N–H and O–H groups in total. The Morgan fingerprint density at radius 2 is 2.22 bits per heavy atom. The molecule has 1 atom stereocenters. The van der Waals surface area contributed by atoms with E-state index < -0.39 is 0 Å². The molecular weight excluding hydrogens is 290 g/mol. The average molecular weight is 306 g/mol. The standard InChI is InChI=1S/C14H16BrN3/c1-10-5-12(8-13(15)6-10)14(18-16)7-11-3-2-4-17-9-11/h2-6,8-9,14,18H,7,16H2,1H3. The van der Waals surface area contributed by atoms with E-state index in [0.29, 0.717) is 0 Å². The molecule has 4 heteroatoms. The zero-order valence-corrected chi connectivity index (χ0v) is 11.8. The van der Waals surface area contributed by atoms with Crippen molar-refractivity contribution in [3.63, 3.8) is 0 Å². The second-order valence-corrected chi connectivity index (χ2v) is 5.26. The topological polar surface area (TPSA) is 50.9 Å². The molecule has 0 amide bonds. The van der Waals surface area contributed by atoms with E-state index in [0.717, 1.165) is 16.5 Å². The van der Waals surface area contributed by atoms with Gasteiger partial charge in [-0.25, -0.2) is 0 Å². The molecule has 0 spiro atoms. The van der Waals surface area contributed by atoms with Gasteiger partial charge in [0.2, 0.25) is 0 Å². The Labute approximate surface area is 116 Å². The van der Waals surface area contributed by atoms with Gasteiger partial charge in [-0.15, -0.1) is 0 Å². The second-order valence-electron chi connectivity index (χ2n) is 4.35. The van der Waals surface area contributed by atoms with Gasteiger partial charge in [-0.1, -0.05) is 28.1 Å². The van der Waals surface area contributed by atoms with Gasteiger partial charge in [-0.3, -0.25) is 16.3 Å². The molecule has 0 aliphatic carbocycles. The van der Waals surface area contributed by atoms with Gasteiger partial charge in [0.05, 0.1) is 6.04 Å². The molecule has 0 aliphatic heterocycles. The van der Waals surface area contributed by atoms with Crippen LogP contribution in [-0.2, 0) is 6.42 Å². The molecule has 0 radical (unpaired) electrons. The molecule has 1 unspecified atom stereocenters. The van der Waals surface area contributed by atoms with Crippen LogP contribution in [0.4, 0.5) is 0 Å². The minimum absolute atomic E-state index is 0.0883. The molecule has 0 bridgehead atoms. The number of aromatic nitrogens is 1. The number of rotatable bonds is 4. The molecule has 0 fully saturated rings. The maximum absolute atomic E-state index is 5.67. The molecule has 2 aromatic rings. The summed E-state index contributed by atoms with van der Waals surface area (Å²) in [5, 5.41) is 0.